The van der Waals surface area contributed by atoms with Gasteiger partial charge in [-0.05, 0) is 18.2 Å². The summed E-state index contributed by atoms with van der Waals surface area (Å²) < 4.78 is 10.3. The van der Waals surface area contributed by atoms with Crippen molar-refractivity contribution in [2.45, 2.75) is 23.2 Å². The van der Waals surface area contributed by atoms with E-state index in [2.05, 4.69) is 5.32 Å². The maximum atomic E-state index is 12.2. The van der Waals surface area contributed by atoms with Gasteiger partial charge in [-0.3, -0.25) is 19.7 Å². The molecule has 1 N–H and O–H groups in total. The fourth-order valence-corrected chi connectivity index (χ4v) is 3.68. The summed E-state index contributed by atoms with van der Waals surface area (Å²) in [6.45, 7) is -0.181. The van der Waals surface area contributed by atoms with Gasteiger partial charge in [0.2, 0.25) is 5.91 Å². The fourth-order valence-electron chi connectivity index (χ4n) is 2.59. The predicted molar refractivity (Wildman–Crippen MR) is 98.8 cm³/mol. The van der Waals surface area contributed by atoms with Crippen LogP contribution in [0.5, 0.6) is 5.75 Å². The number of para-hydroxylation sites is 1. The SMILES string of the molecule is COc1ccc([N+](=O)[O-])cc1COC(=O)CC1Sc2ccccc2NC1=O. The van der Waals surface area contributed by atoms with Crippen LogP contribution in [0.4, 0.5) is 11.4 Å². The molecular weight excluding hydrogens is 372 g/mol. The number of nitro benzene ring substituents is 1. The summed E-state index contributed by atoms with van der Waals surface area (Å²) in [6, 6.07) is 11.4. The summed E-state index contributed by atoms with van der Waals surface area (Å²) in [5.74, 6) is -0.453. The first-order valence-electron chi connectivity index (χ1n) is 8.01. The van der Waals surface area contributed by atoms with E-state index < -0.39 is 16.1 Å². The molecule has 1 unspecified atom stereocenters. The molecule has 0 saturated carbocycles. The summed E-state index contributed by atoms with van der Waals surface area (Å²) in [6.07, 6.45) is -0.109. The lowest BCUT2D eigenvalue weighted by molar-refractivity contribution is -0.385. The van der Waals surface area contributed by atoms with E-state index in [0.29, 0.717) is 11.3 Å². The van der Waals surface area contributed by atoms with Crippen LogP contribution < -0.4 is 10.1 Å². The highest BCUT2D eigenvalue weighted by Crippen LogP contribution is 2.36. The number of amides is 1. The number of nitrogens with zero attached hydrogens (tertiary/aromatic N) is 1. The first-order chi connectivity index (χ1) is 13.0. The Labute approximate surface area is 159 Å². The molecule has 0 radical (unpaired) electrons. The van der Waals surface area contributed by atoms with Gasteiger partial charge in [0.15, 0.2) is 0 Å². The van der Waals surface area contributed by atoms with Gasteiger partial charge in [0, 0.05) is 22.6 Å². The zero-order chi connectivity index (χ0) is 19.4. The molecule has 140 valence electrons. The van der Waals surface area contributed by atoms with E-state index in [-0.39, 0.29) is 24.6 Å². The van der Waals surface area contributed by atoms with Gasteiger partial charge in [0.1, 0.15) is 12.4 Å². The van der Waals surface area contributed by atoms with Crippen molar-refractivity contribution in [1.82, 2.24) is 0 Å². The lowest BCUT2D eigenvalue weighted by atomic mass is 10.2. The van der Waals surface area contributed by atoms with E-state index >= 15 is 0 Å². The van der Waals surface area contributed by atoms with Crippen LogP contribution in [0.3, 0.4) is 0 Å². The number of hydrogen-bond donors (Lipinski definition) is 1. The molecule has 1 heterocycles. The van der Waals surface area contributed by atoms with Crippen LogP contribution >= 0.6 is 11.8 Å². The predicted octanol–water partition coefficient (Wildman–Crippen LogP) is 3.15. The van der Waals surface area contributed by atoms with Crippen molar-refractivity contribution in [3.8, 4) is 5.75 Å². The molecule has 0 aromatic heterocycles. The van der Waals surface area contributed by atoms with Gasteiger partial charge in [-0.1, -0.05) is 12.1 Å². The summed E-state index contributed by atoms with van der Waals surface area (Å²) in [7, 11) is 1.42. The van der Waals surface area contributed by atoms with Crippen LogP contribution in [0.2, 0.25) is 0 Å². The van der Waals surface area contributed by atoms with Gasteiger partial charge in [0.25, 0.3) is 5.69 Å². The number of fused-ring (bicyclic) bond motifs is 1. The van der Waals surface area contributed by atoms with Crippen molar-refractivity contribution >= 4 is 35.0 Å². The molecule has 1 aliphatic heterocycles. The van der Waals surface area contributed by atoms with Crippen LogP contribution in [0.1, 0.15) is 12.0 Å². The summed E-state index contributed by atoms with van der Waals surface area (Å²) in [5.41, 5.74) is 0.977. The van der Waals surface area contributed by atoms with Crippen molar-refractivity contribution in [2.75, 3.05) is 12.4 Å². The van der Waals surface area contributed by atoms with Gasteiger partial charge < -0.3 is 14.8 Å². The standard InChI is InChI=1S/C18H16N2O6S/c1-25-14-7-6-12(20(23)24)8-11(14)10-26-17(21)9-16-18(22)19-13-4-2-3-5-15(13)27-16/h2-8,16H,9-10H2,1H3,(H,19,22). The smallest absolute Gasteiger partial charge is 0.307 e. The average Bonchev–Trinajstić information content (AvgIpc) is 2.66. The number of non-ortho nitro benzene ring substituents is 1. The second-order valence-corrected chi connectivity index (χ2v) is 6.95. The molecule has 0 bridgehead atoms. The number of nitro groups is 1. The first kappa shape index (κ1) is 18.7. The highest BCUT2D eigenvalue weighted by molar-refractivity contribution is 8.01. The number of esters is 1. The Kier molecular flexibility index (Phi) is 5.60. The van der Waals surface area contributed by atoms with E-state index in [1.807, 2.05) is 18.2 Å². The molecule has 27 heavy (non-hydrogen) atoms. The average molecular weight is 388 g/mol. The van der Waals surface area contributed by atoms with Crippen molar-refractivity contribution in [1.29, 1.82) is 0 Å². The van der Waals surface area contributed by atoms with E-state index in [1.165, 1.54) is 37.1 Å². The summed E-state index contributed by atoms with van der Waals surface area (Å²) >= 11 is 1.30. The molecule has 2 aromatic carbocycles. The van der Waals surface area contributed by atoms with Crippen LogP contribution in [0, 0.1) is 10.1 Å². The Morgan fingerprint density at radius 2 is 2.07 bits per heavy atom. The Morgan fingerprint density at radius 3 is 2.81 bits per heavy atom. The van der Waals surface area contributed by atoms with E-state index in [9.17, 15) is 19.7 Å². The molecule has 9 heteroatoms. The van der Waals surface area contributed by atoms with Gasteiger partial charge >= 0.3 is 5.97 Å². The minimum atomic E-state index is -0.598. The second kappa shape index (κ2) is 8.09. The lowest BCUT2D eigenvalue weighted by Gasteiger charge is -2.23. The van der Waals surface area contributed by atoms with Crippen molar-refractivity contribution in [3.05, 3.63) is 58.1 Å². The normalized spacial score (nSPS) is 15.4. The van der Waals surface area contributed by atoms with Gasteiger partial charge in [0.05, 0.1) is 29.4 Å². The van der Waals surface area contributed by atoms with Crippen molar-refractivity contribution in [2.24, 2.45) is 0 Å². The number of thioether (sulfide) groups is 1. The zero-order valence-corrected chi connectivity index (χ0v) is 15.2. The summed E-state index contributed by atoms with van der Waals surface area (Å²) in [4.78, 5) is 35.6. The number of carbonyl (C=O) groups is 2. The van der Waals surface area contributed by atoms with Crippen LogP contribution in [-0.2, 0) is 20.9 Å². The number of benzene rings is 2. The number of ether oxygens (including phenoxy) is 2. The molecule has 1 amide bonds. The molecule has 2 aromatic rings. The van der Waals surface area contributed by atoms with E-state index in [4.69, 9.17) is 9.47 Å². The Bertz CT molecular complexity index is 901. The molecule has 0 aliphatic carbocycles. The Balaban J connectivity index is 1.63. The Morgan fingerprint density at radius 1 is 1.30 bits per heavy atom. The largest absolute Gasteiger partial charge is 0.496 e. The number of methoxy groups -OCH3 is 1. The highest BCUT2D eigenvalue weighted by atomic mass is 32.2. The fraction of sp³-hybridized carbons (Fsp3) is 0.222. The molecule has 1 atom stereocenters. The van der Waals surface area contributed by atoms with Crippen LogP contribution in [0.15, 0.2) is 47.4 Å². The number of anilines is 1. The number of carbonyl (C=O) groups excluding carboxylic acids is 2. The molecule has 0 saturated heterocycles. The van der Waals surface area contributed by atoms with Crippen molar-refractivity contribution < 1.29 is 24.0 Å². The topological polar surface area (TPSA) is 108 Å². The number of hydrogen-bond acceptors (Lipinski definition) is 7. The first-order valence-corrected chi connectivity index (χ1v) is 8.89. The van der Waals surface area contributed by atoms with Gasteiger partial charge in [-0.15, -0.1) is 11.8 Å². The molecule has 0 spiro atoms. The van der Waals surface area contributed by atoms with E-state index in [1.54, 1.807) is 6.07 Å². The minimum absolute atomic E-state index is 0.109. The number of rotatable bonds is 6. The summed E-state index contributed by atoms with van der Waals surface area (Å²) in [5, 5.41) is 13.1. The van der Waals surface area contributed by atoms with E-state index in [0.717, 1.165) is 10.6 Å². The second-order valence-electron chi connectivity index (χ2n) is 5.71. The maximum absolute atomic E-state index is 12.2. The molecule has 1 aliphatic rings. The third-order valence-corrected chi connectivity index (χ3v) is 5.20. The Hall–Kier alpha value is -3.07. The van der Waals surface area contributed by atoms with Crippen molar-refractivity contribution in [3.63, 3.8) is 0 Å². The number of nitrogens with one attached hydrogen (secondary N) is 1. The maximum Gasteiger partial charge on any atom is 0.307 e. The third-order valence-electron chi connectivity index (χ3n) is 3.92. The lowest BCUT2D eigenvalue weighted by Crippen LogP contribution is -2.31. The zero-order valence-electron chi connectivity index (χ0n) is 14.3. The quantitative estimate of drug-likeness (QED) is 0.460. The van der Waals surface area contributed by atoms with Crippen LogP contribution in [0.25, 0.3) is 0 Å². The van der Waals surface area contributed by atoms with Gasteiger partial charge in [-0.25, -0.2) is 0 Å². The minimum Gasteiger partial charge on any atom is -0.496 e. The van der Waals surface area contributed by atoms with Gasteiger partial charge in [-0.2, -0.15) is 0 Å². The third kappa shape index (κ3) is 4.37. The molecule has 8 nitrogen and oxygen atoms in total. The monoisotopic (exact) mass is 388 g/mol. The molecule has 3 rings (SSSR count). The molecular formula is C18H16N2O6S. The highest BCUT2D eigenvalue weighted by Gasteiger charge is 2.29. The molecule has 0 fully saturated rings. The van der Waals surface area contributed by atoms with Crippen LogP contribution in [-0.4, -0.2) is 29.2 Å².